The molecule has 0 radical (unpaired) electrons. The number of fused-ring (bicyclic) bond motifs is 1. The van der Waals surface area contributed by atoms with Gasteiger partial charge < -0.3 is 9.64 Å². The smallest absolute Gasteiger partial charge is 0.255 e. The minimum atomic E-state index is -0.848. The number of H-pyrrole nitrogens is 1. The first kappa shape index (κ1) is 19.0. The van der Waals surface area contributed by atoms with Gasteiger partial charge in [0.2, 0.25) is 5.95 Å². The molecule has 6 nitrogen and oxygen atoms in total. The quantitative estimate of drug-likeness (QED) is 0.871. The zero-order chi connectivity index (χ0) is 19.8. The highest BCUT2D eigenvalue weighted by atomic mass is 19.2. The van der Waals surface area contributed by atoms with E-state index in [2.05, 4.69) is 14.8 Å². The third-order valence-corrected chi connectivity index (χ3v) is 5.25. The molecule has 0 spiro atoms. The summed E-state index contributed by atoms with van der Waals surface area (Å²) in [5, 5.41) is 0. The highest BCUT2D eigenvalue weighted by molar-refractivity contribution is 5.35. The second-order valence-electron chi connectivity index (χ2n) is 7.69. The van der Waals surface area contributed by atoms with Crippen molar-refractivity contribution in [1.29, 1.82) is 0 Å². The molecule has 2 atom stereocenters. The van der Waals surface area contributed by atoms with Gasteiger partial charge in [-0.05, 0) is 38.0 Å². The highest BCUT2D eigenvalue weighted by Gasteiger charge is 2.27. The minimum Gasteiger partial charge on any atom is -0.372 e. The molecule has 0 amide bonds. The van der Waals surface area contributed by atoms with E-state index in [1.165, 1.54) is 6.07 Å². The van der Waals surface area contributed by atoms with Crippen LogP contribution >= 0.6 is 0 Å². The maximum absolute atomic E-state index is 13.5. The van der Waals surface area contributed by atoms with Gasteiger partial charge in [-0.15, -0.1) is 0 Å². The van der Waals surface area contributed by atoms with E-state index in [1.807, 2.05) is 13.8 Å². The normalized spacial score (nSPS) is 22.9. The number of morpholine rings is 1. The Bertz CT molecular complexity index is 923. The number of hydrogen-bond donors (Lipinski definition) is 1. The number of aromatic amines is 1. The molecule has 150 valence electrons. The summed E-state index contributed by atoms with van der Waals surface area (Å²) in [6.45, 7) is 7.00. The first-order chi connectivity index (χ1) is 13.4. The Morgan fingerprint density at radius 2 is 1.96 bits per heavy atom. The van der Waals surface area contributed by atoms with Gasteiger partial charge in [0.05, 0.1) is 17.9 Å². The van der Waals surface area contributed by atoms with E-state index in [-0.39, 0.29) is 17.8 Å². The average Bonchev–Trinajstić information content (AvgIpc) is 2.63. The molecule has 2 aliphatic heterocycles. The van der Waals surface area contributed by atoms with Crippen LogP contribution in [0.3, 0.4) is 0 Å². The number of hydrogen-bond acceptors (Lipinski definition) is 5. The van der Waals surface area contributed by atoms with E-state index in [9.17, 15) is 13.6 Å². The number of rotatable bonds is 3. The van der Waals surface area contributed by atoms with Gasteiger partial charge in [-0.25, -0.2) is 13.8 Å². The third kappa shape index (κ3) is 3.93. The zero-order valence-electron chi connectivity index (χ0n) is 16.0. The van der Waals surface area contributed by atoms with Crippen molar-refractivity contribution in [3.05, 3.63) is 57.0 Å². The summed E-state index contributed by atoms with van der Waals surface area (Å²) in [4.78, 5) is 24.4. The van der Waals surface area contributed by atoms with E-state index < -0.39 is 11.6 Å². The van der Waals surface area contributed by atoms with E-state index in [0.29, 0.717) is 56.2 Å². The van der Waals surface area contributed by atoms with Crippen molar-refractivity contribution >= 4 is 5.95 Å². The maximum atomic E-state index is 13.5. The van der Waals surface area contributed by atoms with Gasteiger partial charge in [0.25, 0.3) is 5.56 Å². The molecule has 1 fully saturated rings. The van der Waals surface area contributed by atoms with Gasteiger partial charge in [0.1, 0.15) is 0 Å². The summed E-state index contributed by atoms with van der Waals surface area (Å²) in [5.41, 5.74) is 2.06. The lowest BCUT2D eigenvalue weighted by Crippen LogP contribution is -2.47. The average molecular weight is 390 g/mol. The maximum Gasteiger partial charge on any atom is 0.255 e. The second-order valence-corrected chi connectivity index (χ2v) is 7.69. The van der Waals surface area contributed by atoms with Crippen LogP contribution in [0.25, 0.3) is 0 Å². The molecule has 8 heteroatoms. The molecular weight excluding hydrogens is 366 g/mol. The largest absolute Gasteiger partial charge is 0.372 e. The van der Waals surface area contributed by atoms with E-state index in [1.54, 1.807) is 6.07 Å². The first-order valence-electron chi connectivity index (χ1n) is 9.58. The Balaban J connectivity index is 1.54. The lowest BCUT2D eigenvalue weighted by atomic mass is 10.1. The van der Waals surface area contributed by atoms with Crippen molar-refractivity contribution in [1.82, 2.24) is 14.9 Å². The Hall–Kier alpha value is -2.32. The fraction of sp³-hybridized carbons (Fsp3) is 0.500. The van der Waals surface area contributed by atoms with Crippen LogP contribution in [-0.2, 0) is 24.2 Å². The van der Waals surface area contributed by atoms with E-state index >= 15 is 0 Å². The Morgan fingerprint density at radius 1 is 1.21 bits per heavy atom. The fourth-order valence-corrected chi connectivity index (χ4v) is 4.01. The van der Waals surface area contributed by atoms with Crippen LogP contribution in [0.4, 0.5) is 14.7 Å². The predicted molar refractivity (Wildman–Crippen MR) is 101 cm³/mol. The van der Waals surface area contributed by atoms with Crippen LogP contribution in [0.5, 0.6) is 0 Å². The number of aromatic nitrogens is 2. The van der Waals surface area contributed by atoms with Crippen LogP contribution in [0.1, 0.15) is 30.7 Å². The molecule has 0 saturated carbocycles. The molecule has 1 aromatic carbocycles. The topological polar surface area (TPSA) is 61.5 Å². The summed E-state index contributed by atoms with van der Waals surface area (Å²) in [7, 11) is 0. The molecule has 3 heterocycles. The Morgan fingerprint density at radius 3 is 2.68 bits per heavy atom. The second kappa shape index (κ2) is 7.60. The SMILES string of the molecule is CC1CN(c2nc3c(c(=O)[nH]2)CCN(Cc2ccc(F)c(F)c2)C3)CC(C)O1. The molecule has 0 bridgehead atoms. The summed E-state index contributed by atoms with van der Waals surface area (Å²) in [5.74, 6) is -1.12. The van der Waals surface area contributed by atoms with Crippen LogP contribution in [0, 0.1) is 11.6 Å². The molecule has 2 aromatic rings. The van der Waals surface area contributed by atoms with Gasteiger partial charge in [-0.2, -0.15) is 0 Å². The van der Waals surface area contributed by atoms with Gasteiger partial charge in [-0.1, -0.05) is 6.07 Å². The van der Waals surface area contributed by atoms with Crippen molar-refractivity contribution in [3.63, 3.8) is 0 Å². The number of ether oxygens (including phenoxy) is 1. The predicted octanol–water partition coefficient (Wildman–Crippen LogP) is 2.22. The van der Waals surface area contributed by atoms with Crippen LogP contribution < -0.4 is 10.5 Å². The zero-order valence-corrected chi connectivity index (χ0v) is 16.0. The standard InChI is InChI=1S/C20H24F2N4O2/c1-12-8-26(9-13(2)28-12)20-23-18-11-25(6-5-15(18)19(27)24-20)10-14-3-4-16(21)17(22)7-14/h3-4,7,12-13H,5-6,8-11H2,1-2H3,(H,23,24,27). The van der Waals surface area contributed by atoms with Gasteiger partial charge in [-0.3, -0.25) is 14.7 Å². The van der Waals surface area contributed by atoms with Crippen molar-refractivity contribution < 1.29 is 13.5 Å². The number of nitrogens with zero attached hydrogens (tertiary/aromatic N) is 3. The molecule has 1 aromatic heterocycles. The number of anilines is 1. The third-order valence-electron chi connectivity index (χ3n) is 5.25. The van der Waals surface area contributed by atoms with Crippen LogP contribution in [0.15, 0.2) is 23.0 Å². The molecule has 2 unspecified atom stereocenters. The minimum absolute atomic E-state index is 0.0648. The lowest BCUT2D eigenvalue weighted by Gasteiger charge is -2.36. The molecule has 0 aliphatic carbocycles. The van der Waals surface area contributed by atoms with Gasteiger partial charge in [0.15, 0.2) is 11.6 Å². The monoisotopic (exact) mass is 390 g/mol. The first-order valence-corrected chi connectivity index (χ1v) is 9.58. The molecule has 1 saturated heterocycles. The van der Waals surface area contributed by atoms with Crippen LogP contribution in [0.2, 0.25) is 0 Å². The molecular formula is C20H24F2N4O2. The Kier molecular flexibility index (Phi) is 5.16. The van der Waals surface area contributed by atoms with Gasteiger partial charge in [0, 0.05) is 38.3 Å². The van der Waals surface area contributed by atoms with Gasteiger partial charge >= 0.3 is 0 Å². The van der Waals surface area contributed by atoms with Crippen LogP contribution in [-0.4, -0.2) is 46.7 Å². The number of nitrogens with one attached hydrogen (secondary N) is 1. The summed E-state index contributed by atoms with van der Waals surface area (Å²) >= 11 is 0. The van der Waals surface area contributed by atoms with Crippen molar-refractivity contribution in [3.8, 4) is 0 Å². The number of benzene rings is 1. The summed E-state index contributed by atoms with van der Waals surface area (Å²) in [6.07, 6.45) is 0.710. The fourth-order valence-electron chi connectivity index (χ4n) is 4.01. The summed E-state index contributed by atoms with van der Waals surface area (Å²) in [6, 6.07) is 3.95. The molecule has 4 rings (SSSR count). The van der Waals surface area contributed by atoms with Crippen molar-refractivity contribution in [2.45, 2.75) is 45.6 Å². The Labute approximate surface area is 162 Å². The van der Waals surface area contributed by atoms with E-state index in [4.69, 9.17) is 9.72 Å². The lowest BCUT2D eigenvalue weighted by molar-refractivity contribution is -0.00576. The van der Waals surface area contributed by atoms with Crippen molar-refractivity contribution in [2.75, 3.05) is 24.5 Å². The number of halogens is 2. The molecule has 1 N–H and O–H groups in total. The molecule has 2 aliphatic rings. The molecule has 28 heavy (non-hydrogen) atoms. The van der Waals surface area contributed by atoms with E-state index in [0.717, 1.165) is 11.8 Å². The summed E-state index contributed by atoms with van der Waals surface area (Å²) < 4.78 is 32.4. The highest BCUT2D eigenvalue weighted by Crippen LogP contribution is 2.21. The van der Waals surface area contributed by atoms with Crippen molar-refractivity contribution in [2.24, 2.45) is 0 Å².